The van der Waals surface area contributed by atoms with E-state index in [1.54, 1.807) is 13.3 Å². The summed E-state index contributed by atoms with van der Waals surface area (Å²) >= 11 is 0. The lowest BCUT2D eigenvalue weighted by molar-refractivity contribution is -0.138. The van der Waals surface area contributed by atoms with Crippen LogP contribution in [0.3, 0.4) is 0 Å². The molecule has 1 aromatic heterocycles. The van der Waals surface area contributed by atoms with Gasteiger partial charge in [-0.15, -0.1) is 0 Å². The van der Waals surface area contributed by atoms with Crippen molar-refractivity contribution in [3.05, 3.63) is 41.7 Å². The third kappa shape index (κ3) is 3.08. The molecule has 2 aromatic rings. The molecule has 25 heavy (non-hydrogen) atoms. The van der Waals surface area contributed by atoms with Gasteiger partial charge in [-0.05, 0) is 37.0 Å². The molecule has 6 nitrogen and oxygen atoms in total. The largest absolute Gasteiger partial charge is 0.493 e. The van der Waals surface area contributed by atoms with Crippen LogP contribution < -0.4 is 9.47 Å². The molecule has 1 N–H and O–H groups in total. The number of methoxy groups -OCH3 is 1. The van der Waals surface area contributed by atoms with Gasteiger partial charge in [0.2, 0.25) is 5.91 Å². The number of aromatic amines is 1. The number of ether oxygens (including phenoxy) is 2. The van der Waals surface area contributed by atoms with Crippen LogP contribution in [0.25, 0.3) is 0 Å². The number of hydrogen-bond donors (Lipinski definition) is 1. The minimum atomic E-state index is -0.125. The van der Waals surface area contributed by atoms with Gasteiger partial charge in [-0.3, -0.25) is 9.89 Å². The standard InChI is InChI=1S/C19H23N3O3/c1-24-17-6-2-4-13-10-15(12-25-18(13)17)19(23)22-9-3-5-14(11-22)16-7-8-20-21-16/h2,4,6-8,14-15H,3,5,9-12H2,1H3,(H,20,21)/t14-,15+/m1/s1. The second kappa shape index (κ2) is 6.78. The zero-order chi connectivity index (χ0) is 17.2. The van der Waals surface area contributed by atoms with Gasteiger partial charge >= 0.3 is 0 Å². The Bertz CT molecular complexity index is 744. The first-order valence-electron chi connectivity index (χ1n) is 8.83. The van der Waals surface area contributed by atoms with E-state index in [1.807, 2.05) is 29.2 Å². The number of para-hydroxylation sites is 1. The summed E-state index contributed by atoms with van der Waals surface area (Å²) in [4.78, 5) is 15.0. The monoisotopic (exact) mass is 341 g/mol. The Morgan fingerprint density at radius 1 is 1.40 bits per heavy atom. The zero-order valence-corrected chi connectivity index (χ0v) is 14.4. The fourth-order valence-corrected chi connectivity index (χ4v) is 3.90. The second-order valence-electron chi connectivity index (χ2n) is 6.80. The smallest absolute Gasteiger partial charge is 0.229 e. The Labute approximate surface area is 147 Å². The normalized spacial score (nSPS) is 22.8. The van der Waals surface area contributed by atoms with Crippen molar-refractivity contribution < 1.29 is 14.3 Å². The number of H-pyrrole nitrogens is 1. The first-order valence-corrected chi connectivity index (χ1v) is 8.83. The summed E-state index contributed by atoms with van der Waals surface area (Å²) in [5, 5.41) is 7.08. The molecular formula is C19H23N3O3. The van der Waals surface area contributed by atoms with Crippen LogP contribution in [0.4, 0.5) is 0 Å². The summed E-state index contributed by atoms with van der Waals surface area (Å²) in [5.41, 5.74) is 2.17. The number of likely N-dealkylation sites (tertiary alicyclic amines) is 1. The molecule has 1 fully saturated rings. The first kappa shape index (κ1) is 16.0. The van der Waals surface area contributed by atoms with Gasteiger partial charge in [0.25, 0.3) is 0 Å². The zero-order valence-electron chi connectivity index (χ0n) is 14.4. The molecule has 0 unspecified atom stereocenters. The fraction of sp³-hybridized carbons (Fsp3) is 0.474. The van der Waals surface area contributed by atoms with E-state index in [0.717, 1.165) is 48.7 Å². The van der Waals surface area contributed by atoms with E-state index in [4.69, 9.17) is 9.47 Å². The van der Waals surface area contributed by atoms with Crippen molar-refractivity contribution in [1.29, 1.82) is 0 Å². The van der Waals surface area contributed by atoms with Crippen LogP contribution >= 0.6 is 0 Å². The molecule has 132 valence electrons. The fourth-order valence-electron chi connectivity index (χ4n) is 3.90. The van der Waals surface area contributed by atoms with Gasteiger partial charge in [-0.25, -0.2) is 0 Å². The quantitative estimate of drug-likeness (QED) is 0.931. The van der Waals surface area contributed by atoms with Crippen LogP contribution in [-0.4, -0.2) is 47.8 Å². The van der Waals surface area contributed by atoms with Crippen LogP contribution in [0.5, 0.6) is 11.5 Å². The average molecular weight is 341 g/mol. The van der Waals surface area contributed by atoms with Gasteiger partial charge in [0.05, 0.1) is 13.0 Å². The van der Waals surface area contributed by atoms with E-state index in [-0.39, 0.29) is 11.8 Å². The number of carbonyl (C=O) groups excluding carboxylic acids is 1. The van der Waals surface area contributed by atoms with E-state index >= 15 is 0 Å². The molecule has 0 spiro atoms. The molecule has 0 radical (unpaired) electrons. The Kier molecular flexibility index (Phi) is 4.34. The lowest BCUT2D eigenvalue weighted by Crippen LogP contribution is -2.45. The number of benzene rings is 1. The molecular weight excluding hydrogens is 318 g/mol. The molecule has 1 aromatic carbocycles. The number of nitrogens with zero attached hydrogens (tertiary/aromatic N) is 2. The summed E-state index contributed by atoms with van der Waals surface area (Å²) in [5.74, 6) is 1.93. The van der Waals surface area contributed by atoms with Gasteiger partial charge in [0.1, 0.15) is 6.61 Å². The first-order chi connectivity index (χ1) is 12.3. The predicted octanol–water partition coefficient (Wildman–Crippen LogP) is 2.38. The van der Waals surface area contributed by atoms with Crippen molar-refractivity contribution in [1.82, 2.24) is 15.1 Å². The van der Waals surface area contributed by atoms with Crippen molar-refractivity contribution >= 4 is 5.91 Å². The summed E-state index contributed by atoms with van der Waals surface area (Å²) in [6.07, 6.45) is 4.59. The summed E-state index contributed by atoms with van der Waals surface area (Å²) in [6.45, 7) is 1.99. The highest BCUT2D eigenvalue weighted by Gasteiger charge is 2.33. The number of carbonyl (C=O) groups is 1. The van der Waals surface area contributed by atoms with E-state index in [2.05, 4.69) is 10.2 Å². The second-order valence-corrected chi connectivity index (χ2v) is 6.80. The van der Waals surface area contributed by atoms with E-state index < -0.39 is 0 Å². The number of aromatic nitrogens is 2. The molecule has 1 saturated heterocycles. The molecule has 6 heteroatoms. The van der Waals surface area contributed by atoms with Gasteiger partial charge in [0.15, 0.2) is 11.5 Å². The van der Waals surface area contributed by atoms with Crippen molar-refractivity contribution in [2.45, 2.75) is 25.2 Å². The molecule has 3 heterocycles. The molecule has 1 amide bonds. The Morgan fingerprint density at radius 3 is 3.12 bits per heavy atom. The molecule has 4 rings (SSSR count). The highest BCUT2D eigenvalue weighted by atomic mass is 16.5. The number of hydrogen-bond acceptors (Lipinski definition) is 4. The number of nitrogens with one attached hydrogen (secondary N) is 1. The Hall–Kier alpha value is -2.50. The van der Waals surface area contributed by atoms with Crippen LogP contribution in [0.1, 0.15) is 30.0 Å². The Balaban J connectivity index is 1.46. The lowest BCUT2D eigenvalue weighted by atomic mass is 9.91. The van der Waals surface area contributed by atoms with Crippen molar-refractivity contribution in [3.63, 3.8) is 0 Å². The minimum Gasteiger partial charge on any atom is -0.493 e. The number of amides is 1. The van der Waals surface area contributed by atoms with Crippen molar-refractivity contribution in [3.8, 4) is 11.5 Å². The van der Waals surface area contributed by atoms with Gasteiger partial charge in [-0.1, -0.05) is 12.1 Å². The van der Waals surface area contributed by atoms with E-state index in [0.29, 0.717) is 18.9 Å². The van der Waals surface area contributed by atoms with Gasteiger partial charge < -0.3 is 14.4 Å². The van der Waals surface area contributed by atoms with Gasteiger partial charge in [-0.2, -0.15) is 5.10 Å². The maximum atomic E-state index is 13.0. The highest BCUT2D eigenvalue weighted by molar-refractivity contribution is 5.80. The summed E-state index contributed by atoms with van der Waals surface area (Å²) < 4.78 is 11.2. The molecule has 0 saturated carbocycles. The molecule has 0 bridgehead atoms. The maximum Gasteiger partial charge on any atom is 0.229 e. The van der Waals surface area contributed by atoms with Crippen LogP contribution in [-0.2, 0) is 11.2 Å². The number of rotatable bonds is 3. The maximum absolute atomic E-state index is 13.0. The van der Waals surface area contributed by atoms with Crippen molar-refractivity contribution in [2.75, 3.05) is 26.8 Å². The van der Waals surface area contributed by atoms with Crippen LogP contribution in [0.15, 0.2) is 30.5 Å². The number of piperidine rings is 1. The predicted molar refractivity (Wildman–Crippen MR) is 92.8 cm³/mol. The van der Waals surface area contributed by atoms with Crippen LogP contribution in [0, 0.1) is 5.92 Å². The highest BCUT2D eigenvalue weighted by Crippen LogP contribution is 2.37. The summed E-state index contributed by atoms with van der Waals surface area (Å²) in [7, 11) is 1.64. The molecule has 2 atom stereocenters. The Morgan fingerprint density at radius 2 is 2.32 bits per heavy atom. The minimum absolute atomic E-state index is 0.125. The average Bonchev–Trinajstić information content (AvgIpc) is 3.21. The van der Waals surface area contributed by atoms with Crippen LogP contribution in [0.2, 0.25) is 0 Å². The van der Waals surface area contributed by atoms with Crippen molar-refractivity contribution in [2.24, 2.45) is 5.92 Å². The summed E-state index contributed by atoms with van der Waals surface area (Å²) in [6, 6.07) is 7.86. The van der Waals surface area contributed by atoms with Gasteiger partial charge in [0, 0.05) is 30.9 Å². The van der Waals surface area contributed by atoms with E-state index in [1.165, 1.54) is 0 Å². The molecule has 2 aliphatic rings. The molecule has 0 aliphatic carbocycles. The third-order valence-electron chi connectivity index (χ3n) is 5.22. The SMILES string of the molecule is COc1cccc2c1OC[C@@H](C(=O)N1CCC[C@@H](c3ccn[nH]3)C1)C2. The lowest BCUT2D eigenvalue weighted by Gasteiger charge is -2.36. The number of fused-ring (bicyclic) bond motifs is 1. The topological polar surface area (TPSA) is 67.5 Å². The molecule has 2 aliphatic heterocycles. The third-order valence-corrected chi connectivity index (χ3v) is 5.22. The van der Waals surface area contributed by atoms with E-state index in [9.17, 15) is 4.79 Å².